The molecule has 1 heterocycles. The molecule has 0 radical (unpaired) electrons. The van der Waals surface area contributed by atoms with E-state index in [4.69, 9.17) is 12.2 Å². The van der Waals surface area contributed by atoms with Gasteiger partial charge in [-0.25, -0.2) is 0 Å². The lowest BCUT2D eigenvalue weighted by molar-refractivity contribution is -0.787. The molecule has 0 unspecified atom stereocenters. The molecule has 2 rings (SSSR count). The van der Waals surface area contributed by atoms with Crippen molar-refractivity contribution in [3.05, 3.63) is 28.7 Å². The lowest BCUT2D eigenvalue weighted by Gasteiger charge is -2.43. The molecule has 0 aliphatic carbocycles. The predicted octanol–water partition coefficient (Wildman–Crippen LogP) is 3.02. The molecule has 0 saturated carbocycles. The number of hydrogen-bond acceptors (Lipinski definition) is 1. The second kappa shape index (κ2) is 6.23. The number of quaternary nitrogens is 1. The summed E-state index contributed by atoms with van der Waals surface area (Å²) in [6, 6.07) is 8.45. The number of hydrogen-bond donors (Lipinski definition) is 3. The second-order valence-corrected chi connectivity index (χ2v) is 8.66. The van der Waals surface area contributed by atoms with Gasteiger partial charge in [-0.2, -0.15) is 0 Å². The Balaban J connectivity index is 1.96. The van der Waals surface area contributed by atoms with Gasteiger partial charge in [0, 0.05) is 29.0 Å². The molecule has 3 nitrogen and oxygen atoms in total. The van der Waals surface area contributed by atoms with Crippen LogP contribution in [0.3, 0.4) is 0 Å². The van der Waals surface area contributed by atoms with Gasteiger partial charge in [0.25, 0.3) is 0 Å². The van der Waals surface area contributed by atoms with Crippen LogP contribution in [0, 0.1) is 0 Å². The molecule has 0 atom stereocenters. The molecule has 0 bridgehead atoms. The first-order valence-electron chi connectivity index (χ1n) is 7.35. The second-order valence-electron chi connectivity index (χ2n) is 7.34. The van der Waals surface area contributed by atoms with E-state index in [9.17, 15) is 0 Å². The number of thiocarbonyl (C=S) groups is 1. The van der Waals surface area contributed by atoms with Gasteiger partial charge in [0.1, 0.15) is 0 Å². The first-order valence-corrected chi connectivity index (χ1v) is 8.56. The molecule has 1 saturated heterocycles. The van der Waals surface area contributed by atoms with Crippen molar-refractivity contribution in [1.82, 2.24) is 5.32 Å². The first-order chi connectivity index (χ1) is 9.65. The Hall–Kier alpha value is -0.650. The fraction of sp³-hybridized carbons (Fsp3) is 0.562. The van der Waals surface area contributed by atoms with Crippen molar-refractivity contribution < 1.29 is 5.32 Å². The topological polar surface area (TPSA) is 40.7 Å². The van der Waals surface area contributed by atoms with Gasteiger partial charge in [0.15, 0.2) is 5.11 Å². The Morgan fingerprint density at radius 2 is 1.86 bits per heavy atom. The van der Waals surface area contributed by atoms with E-state index in [1.165, 1.54) is 0 Å². The molecule has 21 heavy (non-hydrogen) atoms. The number of piperidine rings is 1. The molecular formula is C16H25BrN3S+. The lowest BCUT2D eigenvalue weighted by atomic mass is 9.80. The van der Waals surface area contributed by atoms with Crippen molar-refractivity contribution in [2.24, 2.45) is 0 Å². The molecule has 0 spiro atoms. The first kappa shape index (κ1) is 16.7. The van der Waals surface area contributed by atoms with Crippen molar-refractivity contribution in [2.75, 3.05) is 5.32 Å². The lowest BCUT2D eigenvalue weighted by Crippen LogP contribution is -3.06. The number of halogens is 1. The fourth-order valence-electron chi connectivity index (χ4n) is 3.54. The van der Waals surface area contributed by atoms with Crippen LogP contribution in [0.4, 0.5) is 5.69 Å². The highest BCUT2D eigenvalue weighted by molar-refractivity contribution is 9.10. The maximum Gasteiger partial charge on any atom is 0.171 e. The number of benzene rings is 1. The number of nitrogens with two attached hydrogens (primary N) is 1. The van der Waals surface area contributed by atoms with Gasteiger partial charge >= 0.3 is 0 Å². The predicted molar refractivity (Wildman–Crippen MR) is 96.6 cm³/mol. The van der Waals surface area contributed by atoms with E-state index in [1.54, 1.807) is 0 Å². The third-order valence-corrected chi connectivity index (χ3v) is 4.46. The minimum Gasteiger partial charge on any atom is -0.359 e. The Morgan fingerprint density at radius 1 is 1.24 bits per heavy atom. The summed E-state index contributed by atoms with van der Waals surface area (Å²) < 4.78 is 1.05. The van der Waals surface area contributed by atoms with Crippen LogP contribution in [0.25, 0.3) is 0 Å². The molecule has 1 fully saturated rings. The summed E-state index contributed by atoms with van der Waals surface area (Å²) in [6.07, 6.45) is 2.22. The van der Waals surface area contributed by atoms with Crippen LogP contribution in [-0.4, -0.2) is 22.2 Å². The summed E-state index contributed by atoms with van der Waals surface area (Å²) in [5.41, 5.74) is 1.48. The Morgan fingerprint density at radius 3 is 2.43 bits per heavy atom. The van der Waals surface area contributed by atoms with Gasteiger partial charge in [-0.1, -0.05) is 22.0 Å². The van der Waals surface area contributed by atoms with E-state index in [0.29, 0.717) is 11.2 Å². The molecule has 1 aromatic rings. The molecule has 0 amide bonds. The largest absolute Gasteiger partial charge is 0.359 e. The number of rotatable bonds is 2. The van der Waals surface area contributed by atoms with Crippen molar-refractivity contribution in [3.63, 3.8) is 0 Å². The molecule has 4 N–H and O–H groups in total. The van der Waals surface area contributed by atoms with Gasteiger partial charge < -0.3 is 16.0 Å². The van der Waals surface area contributed by atoms with Gasteiger partial charge in [-0.3, -0.25) is 0 Å². The maximum atomic E-state index is 5.46. The summed E-state index contributed by atoms with van der Waals surface area (Å²) in [5, 5.41) is 9.92. The van der Waals surface area contributed by atoms with Crippen molar-refractivity contribution in [2.45, 2.75) is 57.7 Å². The smallest absolute Gasteiger partial charge is 0.171 e. The van der Waals surface area contributed by atoms with Crippen LogP contribution in [0.1, 0.15) is 40.5 Å². The molecule has 0 aromatic heterocycles. The highest BCUT2D eigenvalue weighted by atomic mass is 79.9. The molecule has 1 aromatic carbocycles. The van der Waals surface area contributed by atoms with E-state index < -0.39 is 0 Å². The Labute approximate surface area is 141 Å². The molecule has 1 aliphatic heterocycles. The van der Waals surface area contributed by atoms with Gasteiger partial charge in [-0.15, -0.1) is 0 Å². The van der Waals surface area contributed by atoms with Gasteiger partial charge in [0.05, 0.1) is 11.1 Å². The van der Waals surface area contributed by atoms with E-state index in [1.807, 2.05) is 24.3 Å². The maximum absolute atomic E-state index is 5.46. The molecule has 1 aliphatic rings. The Bertz CT molecular complexity index is 512. The van der Waals surface area contributed by atoms with E-state index >= 15 is 0 Å². The minimum atomic E-state index is 0.241. The average Bonchev–Trinajstić information content (AvgIpc) is 2.23. The SMILES string of the molecule is CC1(C)CC(NC(=S)Nc2cccc(Br)c2)CC(C)(C)[NH2+]1. The third-order valence-electron chi connectivity index (χ3n) is 3.74. The third kappa shape index (κ3) is 5.24. The average molecular weight is 371 g/mol. The monoisotopic (exact) mass is 370 g/mol. The van der Waals surface area contributed by atoms with Crippen LogP contribution >= 0.6 is 28.1 Å². The van der Waals surface area contributed by atoms with E-state index in [2.05, 4.69) is 59.6 Å². The molecular weight excluding hydrogens is 346 g/mol. The normalized spacial score (nSPS) is 20.8. The summed E-state index contributed by atoms with van der Waals surface area (Å²) in [6.45, 7) is 9.20. The van der Waals surface area contributed by atoms with Gasteiger partial charge in [-0.05, 0) is 58.1 Å². The van der Waals surface area contributed by atoms with Crippen molar-refractivity contribution >= 4 is 38.9 Å². The molecule has 5 heteroatoms. The fourth-order valence-corrected chi connectivity index (χ4v) is 4.22. The number of anilines is 1. The van der Waals surface area contributed by atoms with Crippen LogP contribution < -0.4 is 16.0 Å². The highest BCUT2D eigenvalue weighted by Gasteiger charge is 2.41. The summed E-state index contributed by atoms with van der Waals surface area (Å²) in [5.74, 6) is 0. The van der Waals surface area contributed by atoms with Crippen LogP contribution in [-0.2, 0) is 0 Å². The minimum absolute atomic E-state index is 0.241. The Kier molecular flexibility index (Phi) is 4.96. The zero-order chi connectivity index (χ0) is 15.7. The summed E-state index contributed by atoms with van der Waals surface area (Å²) in [7, 11) is 0. The summed E-state index contributed by atoms with van der Waals surface area (Å²) in [4.78, 5) is 0. The standard InChI is InChI=1S/C16H24BrN3S/c1-15(2)9-13(10-16(3,4)20-15)19-14(21)18-12-7-5-6-11(17)8-12/h5-8,13,20H,9-10H2,1-4H3,(H2,18,19,21)/p+1. The van der Waals surface area contributed by atoms with Crippen LogP contribution in [0.15, 0.2) is 28.7 Å². The van der Waals surface area contributed by atoms with Crippen LogP contribution in [0.2, 0.25) is 0 Å². The van der Waals surface area contributed by atoms with Gasteiger partial charge in [0.2, 0.25) is 0 Å². The highest BCUT2D eigenvalue weighted by Crippen LogP contribution is 2.22. The summed E-state index contributed by atoms with van der Waals surface area (Å²) >= 11 is 8.93. The zero-order valence-electron chi connectivity index (χ0n) is 13.2. The van der Waals surface area contributed by atoms with Crippen LogP contribution in [0.5, 0.6) is 0 Å². The van der Waals surface area contributed by atoms with Crippen molar-refractivity contribution in [3.8, 4) is 0 Å². The van der Waals surface area contributed by atoms with E-state index in [-0.39, 0.29) is 11.1 Å². The molecule has 116 valence electrons. The number of nitrogens with one attached hydrogen (secondary N) is 2. The zero-order valence-corrected chi connectivity index (χ0v) is 15.6. The van der Waals surface area contributed by atoms with Crippen molar-refractivity contribution in [1.29, 1.82) is 0 Å². The quantitative estimate of drug-likeness (QED) is 0.700. The van der Waals surface area contributed by atoms with E-state index in [0.717, 1.165) is 23.0 Å².